The van der Waals surface area contributed by atoms with Gasteiger partial charge >= 0.3 is 0 Å². The van der Waals surface area contributed by atoms with Gasteiger partial charge in [0, 0.05) is 22.7 Å². The van der Waals surface area contributed by atoms with Crippen LogP contribution in [-0.4, -0.2) is 25.6 Å². The van der Waals surface area contributed by atoms with E-state index in [1.807, 2.05) is 13.8 Å². The highest BCUT2D eigenvalue weighted by Gasteiger charge is 2.12. The molecule has 0 spiro atoms. The monoisotopic (exact) mass is 287 g/mol. The maximum absolute atomic E-state index is 9.33. The molecule has 7 heteroatoms. The lowest BCUT2D eigenvalue weighted by Gasteiger charge is -2.14. The standard InChI is InChI=1S/C12H11N5O2.C2H6/c13-12-2-1-7(5-14-12)9-3-8-6-15-16-10(8)4-11(9)17(18)19;1-2/h1-6,18-19H,(H2,13,14)(H,15,16);1-2H3. The zero-order valence-electron chi connectivity index (χ0n) is 11.8. The molecular weight excluding hydrogens is 270 g/mol. The highest BCUT2D eigenvalue weighted by molar-refractivity contribution is 5.91. The molecule has 0 saturated carbocycles. The summed E-state index contributed by atoms with van der Waals surface area (Å²) in [5.74, 6) is 0.402. The molecule has 0 aliphatic rings. The van der Waals surface area contributed by atoms with E-state index in [-0.39, 0.29) is 10.9 Å². The highest BCUT2D eigenvalue weighted by Crippen LogP contribution is 2.33. The SMILES string of the molecule is CC.Nc1ccc(-c2cc3cn[nH]c3cc2N(O)O)cn1. The largest absolute Gasteiger partial charge is 0.384 e. The summed E-state index contributed by atoms with van der Waals surface area (Å²) < 4.78 is 0. The molecule has 3 rings (SSSR count). The molecule has 3 aromatic rings. The van der Waals surface area contributed by atoms with Gasteiger partial charge in [-0.25, -0.2) is 4.98 Å². The van der Waals surface area contributed by atoms with Crippen LogP contribution in [0.25, 0.3) is 22.0 Å². The Morgan fingerprint density at radius 3 is 2.52 bits per heavy atom. The van der Waals surface area contributed by atoms with Crippen LogP contribution in [0.5, 0.6) is 0 Å². The molecule has 110 valence electrons. The third-order valence-corrected chi connectivity index (χ3v) is 2.87. The summed E-state index contributed by atoms with van der Waals surface area (Å²) in [6.45, 7) is 4.00. The van der Waals surface area contributed by atoms with Gasteiger partial charge in [0.2, 0.25) is 0 Å². The van der Waals surface area contributed by atoms with Crippen molar-refractivity contribution in [1.29, 1.82) is 0 Å². The Bertz CT molecular complexity index is 722. The molecule has 0 atom stereocenters. The molecule has 2 heterocycles. The minimum atomic E-state index is 0.0754. The second-order valence-corrected chi connectivity index (χ2v) is 4.09. The second-order valence-electron chi connectivity index (χ2n) is 4.09. The molecule has 0 fully saturated rings. The number of nitrogens with zero attached hydrogens (tertiary/aromatic N) is 3. The number of hydrogen-bond acceptors (Lipinski definition) is 6. The summed E-state index contributed by atoms with van der Waals surface area (Å²) in [6.07, 6.45) is 3.23. The molecular formula is C14H17N5O2. The first-order valence-corrected chi connectivity index (χ1v) is 6.52. The Kier molecular flexibility index (Phi) is 4.36. The quantitative estimate of drug-likeness (QED) is 0.539. The molecule has 0 aliphatic carbocycles. The fraction of sp³-hybridized carbons (Fsp3) is 0.143. The Balaban J connectivity index is 0.000000774. The Morgan fingerprint density at radius 1 is 1.14 bits per heavy atom. The molecule has 0 bridgehead atoms. The van der Waals surface area contributed by atoms with E-state index in [0.717, 1.165) is 10.9 Å². The molecule has 0 saturated heterocycles. The van der Waals surface area contributed by atoms with Gasteiger partial charge in [-0.05, 0) is 24.3 Å². The number of benzene rings is 1. The van der Waals surface area contributed by atoms with Crippen molar-refractivity contribution in [2.45, 2.75) is 13.8 Å². The number of rotatable bonds is 2. The van der Waals surface area contributed by atoms with Crippen molar-refractivity contribution in [2.75, 3.05) is 11.0 Å². The average Bonchev–Trinajstić information content (AvgIpc) is 2.96. The van der Waals surface area contributed by atoms with Crippen molar-refractivity contribution in [2.24, 2.45) is 0 Å². The van der Waals surface area contributed by atoms with E-state index in [0.29, 0.717) is 16.9 Å². The number of hydrogen-bond donors (Lipinski definition) is 4. The van der Waals surface area contributed by atoms with Crippen LogP contribution in [0.4, 0.5) is 11.5 Å². The Hall–Kier alpha value is -2.64. The predicted molar refractivity (Wildman–Crippen MR) is 81.1 cm³/mol. The number of H-pyrrole nitrogens is 1. The molecule has 0 aliphatic heterocycles. The van der Waals surface area contributed by atoms with Crippen LogP contribution in [0.15, 0.2) is 36.7 Å². The fourth-order valence-corrected chi connectivity index (χ4v) is 1.94. The van der Waals surface area contributed by atoms with E-state index in [2.05, 4.69) is 15.2 Å². The minimum Gasteiger partial charge on any atom is -0.384 e. The summed E-state index contributed by atoms with van der Waals surface area (Å²) in [5.41, 5.74) is 7.81. The molecule has 0 amide bonds. The topological polar surface area (TPSA) is 111 Å². The molecule has 1 aromatic carbocycles. The van der Waals surface area contributed by atoms with Gasteiger partial charge in [-0.2, -0.15) is 5.10 Å². The van der Waals surface area contributed by atoms with Crippen molar-refractivity contribution in [3.05, 3.63) is 36.7 Å². The van der Waals surface area contributed by atoms with E-state index in [9.17, 15) is 10.4 Å². The zero-order valence-corrected chi connectivity index (χ0v) is 11.8. The maximum atomic E-state index is 9.33. The smallest absolute Gasteiger partial charge is 0.123 e. The van der Waals surface area contributed by atoms with E-state index < -0.39 is 0 Å². The summed E-state index contributed by atoms with van der Waals surface area (Å²) in [6, 6.07) is 6.79. The van der Waals surface area contributed by atoms with Gasteiger partial charge in [0.25, 0.3) is 0 Å². The lowest BCUT2D eigenvalue weighted by Crippen LogP contribution is -2.12. The van der Waals surface area contributed by atoms with Crippen LogP contribution >= 0.6 is 0 Å². The lowest BCUT2D eigenvalue weighted by molar-refractivity contribution is 0.0295. The van der Waals surface area contributed by atoms with Crippen molar-refractivity contribution >= 4 is 22.4 Å². The van der Waals surface area contributed by atoms with Gasteiger partial charge in [0.05, 0.1) is 11.7 Å². The number of anilines is 2. The number of aromatic nitrogens is 3. The predicted octanol–water partition coefficient (Wildman–Crippen LogP) is 2.82. The van der Waals surface area contributed by atoms with E-state index in [1.54, 1.807) is 36.7 Å². The first-order valence-electron chi connectivity index (χ1n) is 6.52. The van der Waals surface area contributed by atoms with Gasteiger partial charge in [-0.1, -0.05) is 13.8 Å². The van der Waals surface area contributed by atoms with Crippen molar-refractivity contribution in [3.63, 3.8) is 0 Å². The minimum absolute atomic E-state index is 0.0754. The van der Waals surface area contributed by atoms with Crippen LogP contribution in [0, 0.1) is 0 Å². The number of nitrogen functional groups attached to an aromatic ring is 1. The molecule has 5 N–H and O–H groups in total. The summed E-state index contributed by atoms with van der Waals surface area (Å²) in [7, 11) is 0. The normalized spacial score (nSPS) is 10.1. The molecule has 0 unspecified atom stereocenters. The fourth-order valence-electron chi connectivity index (χ4n) is 1.94. The van der Waals surface area contributed by atoms with Crippen molar-refractivity contribution in [1.82, 2.24) is 15.2 Å². The van der Waals surface area contributed by atoms with Gasteiger partial charge in [-0.3, -0.25) is 15.5 Å². The number of aromatic amines is 1. The first-order chi connectivity index (χ1) is 10.1. The van der Waals surface area contributed by atoms with Crippen LogP contribution in [0.1, 0.15) is 13.8 Å². The van der Waals surface area contributed by atoms with Gasteiger partial charge in [-0.15, -0.1) is 5.23 Å². The van der Waals surface area contributed by atoms with Gasteiger partial charge in [0.1, 0.15) is 11.5 Å². The number of nitrogens with one attached hydrogen (secondary N) is 1. The molecule has 2 aromatic heterocycles. The van der Waals surface area contributed by atoms with Crippen molar-refractivity contribution in [3.8, 4) is 11.1 Å². The van der Waals surface area contributed by atoms with E-state index >= 15 is 0 Å². The summed E-state index contributed by atoms with van der Waals surface area (Å²) in [5, 5.41) is 26.3. The van der Waals surface area contributed by atoms with E-state index in [4.69, 9.17) is 5.73 Å². The third-order valence-electron chi connectivity index (χ3n) is 2.87. The Labute approximate surface area is 121 Å². The van der Waals surface area contributed by atoms with Crippen LogP contribution in [0.2, 0.25) is 0 Å². The molecule has 21 heavy (non-hydrogen) atoms. The summed E-state index contributed by atoms with van der Waals surface area (Å²) >= 11 is 0. The van der Waals surface area contributed by atoms with Gasteiger partial charge < -0.3 is 5.73 Å². The number of pyridine rings is 1. The maximum Gasteiger partial charge on any atom is 0.123 e. The van der Waals surface area contributed by atoms with Crippen LogP contribution in [-0.2, 0) is 0 Å². The average molecular weight is 287 g/mol. The molecule has 7 nitrogen and oxygen atoms in total. The Morgan fingerprint density at radius 2 is 1.90 bits per heavy atom. The van der Waals surface area contributed by atoms with Crippen LogP contribution < -0.4 is 11.0 Å². The zero-order chi connectivity index (χ0) is 15.4. The first kappa shape index (κ1) is 14.8. The third kappa shape index (κ3) is 2.93. The number of nitrogens with two attached hydrogens (primary N) is 1. The van der Waals surface area contributed by atoms with Crippen molar-refractivity contribution < 1.29 is 10.4 Å². The summed E-state index contributed by atoms with van der Waals surface area (Å²) in [4.78, 5) is 4.00. The second kappa shape index (κ2) is 6.21. The van der Waals surface area contributed by atoms with E-state index in [1.165, 1.54) is 0 Å². The lowest BCUT2D eigenvalue weighted by atomic mass is 10.0. The number of fused-ring (bicyclic) bond motifs is 1. The van der Waals surface area contributed by atoms with Crippen LogP contribution in [0.3, 0.4) is 0 Å². The highest BCUT2D eigenvalue weighted by atomic mass is 16.8. The van der Waals surface area contributed by atoms with Gasteiger partial charge in [0.15, 0.2) is 0 Å². The molecule has 0 radical (unpaired) electrons.